The van der Waals surface area contributed by atoms with Crippen LogP contribution >= 0.6 is 15.9 Å². The van der Waals surface area contributed by atoms with E-state index in [-0.39, 0.29) is 17.0 Å². The van der Waals surface area contributed by atoms with Crippen LogP contribution in [0, 0.1) is 15.9 Å². The van der Waals surface area contributed by atoms with E-state index >= 15 is 0 Å². The molecular formula is C16H12BrFN2O6. The third-order valence-corrected chi connectivity index (χ3v) is 3.63. The third kappa shape index (κ3) is 4.76. The van der Waals surface area contributed by atoms with Gasteiger partial charge in [0.1, 0.15) is 5.82 Å². The topological polar surface area (TPSA) is 108 Å². The van der Waals surface area contributed by atoms with Gasteiger partial charge < -0.3 is 14.8 Å². The van der Waals surface area contributed by atoms with Crippen LogP contribution in [0.1, 0.15) is 10.4 Å². The highest BCUT2D eigenvalue weighted by Crippen LogP contribution is 2.28. The van der Waals surface area contributed by atoms with Crippen molar-refractivity contribution in [2.75, 3.05) is 19.0 Å². The number of halogens is 2. The molecule has 0 radical (unpaired) electrons. The van der Waals surface area contributed by atoms with E-state index in [1.807, 2.05) is 0 Å². The molecule has 0 atom stereocenters. The molecule has 1 N–H and O–H groups in total. The number of nitro groups is 1. The number of esters is 1. The maximum absolute atomic E-state index is 13.7. The van der Waals surface area contributed by atoms with Crippen molar-refractivity contribution in [1.29, 1.82) is 0 Å². The number of methoxy groups -OCH3 is 1. The molecule has 2 aromatic rings. The van der Waals surface area contributed by atoms with Gasteiger partial charge >= 0.3 is 11.7 Å². The predicted octanol–water partition coefficient (Wildman–Crippen LogP) is 3.30. The van der Waals surface area contributed by atoms with Gasteiger partial charge in [0.05, 0.1) is 23.3 Å². The van der Waals surface area contributed by atoms with Crippen molar-refractivity contribution in [3.63, 3.8) is 0 Å². The van der Waals surface area contributed by atoms with E-state index in [4.69, 9.17) is 4.74 Å². The number of hydrogen-bond acceptors (Lipinski definition) is 6. The summed E-state index contributed by atoms with van der Waals surface area (Å²) in [6, 6.07) is 7.49. The molecule has 0 spiro atoms. The third-order valence-electron chi connectivity index (χ3n) is 3.14. The van der Waals surface area contributed by atoms with E-state index < -0.39 is 34.9 Å². The molecule has 0 bridgehead atoms. The summed E-state index contributed by atoms with van der Waals surface area (Å²) >= 11 is 3.09. The first kappa shape index (κ1) is 19.3. The van der Waals surface area contributed by atoms with Gasteiger partial charge in [0.15, 0.2) is 12.4 Å². The highest BCUT2D eigenvalue weighted by molar-refractivity contribution is 9.10. The monoisotopic (exact) mass is 426 g/mol. The van der Waals surface area contributed by atoms with Crippen LogP contribution in [0.15, 0.2) is 40.9 Å². The minimum absolute atomic E-state index is 0.0343. The number of nitro benzene ring substituents is 1. The Morgan fingerprint density at radius 3 is 2.62 bits per heavy atom. The minimum atomic E-state index is -0.756. The summed E-state index contributed by atoms with van der Waals surface area (Å²) in [6.07, 6.45) is 0. The van der Waals surface area contributed by atoms with Crippen molar-refractivity contribution in [2.45, 2.75) is 0 Å². The van der Waals surface area contributed by atoms with Crippen LogP contribution in [0.2, 0.25) is 0 Å². The second-order valence-electron chi connectivity index (χ2n) is 4.89. The lowest BCUT2D eigenvalue weighted by Crippen LogP contribution is -2.21. The molecule has 8 nitrogen and oxygen atoms in total. The number of nitrogens with one attached hydrogen (secondary N) is 1. The Hall–Kier alpha value is -3.01. The second-order valence-corrected chi connectivity index (χ2v) is 5.81. The van der Waals surface area contributed by atoms with E-state index in [0.29, 0.717) is 4.47 Å². The summed E-state index contributed by atoms with van der Waals surface area (Å²) in [7, 11) is 1.14. The van der Waals surface area contributed by atoms with Gasteiger partial charge in [-0.1, -0.05) is 15.9 Å². The van der Waals surface area contributed by atoms with E-state index in [9.17, 15) is 24.1 Å². The normalized spacial score (nSPS) is 10.1. The summed E-state index contributed by atoms with van der Waals surface area (Å²) in [6.45, 7) is -0.589. The fraction of sp³-hybridized carbons (Fsp3) is 0.125. The molecular weight excluding hydrogens is 415 g/mol. The van der Waals surface area contributed by atoms with Gasteiger partial charge in [-0.25, -0.2) is 9.18 Å². The number of ether oxygens (including phenoxy) is 2. The molecule has 0 aliphatic rings. The minimum Gasteiger partial charge on any atom is -0.477 e. The van der Waals surface area contributed by atoms with E-state index in [1.54, 1.807) is 0 Å². The first-order chi connectivity index (χ1) is 12.3. The van der Waals surface area contributed by atoms with Crippen molar-refractivity contribution in [2.24, 2.45) is 0 Å². The lowest BCUT2D eigenvalue weighted by molar-refractivity contribution is -0.385. The summed E-state index contributed by atoms with van der Waals surface area (Å²) in [5.74, 6) is -2.32. The Morgan fingerprint density at radius 2 is 2.00 bits per heavy atom. The fourth-order valence-electron chi connectivity index (χ4n) is 1.95. The van der Waals surface area contributed by atoms with Crippen molar-refractivity contribution in [1.82, 2.24) is 0 Å². The number of rotatable bonds is 6. The zero-order chi connectivity index (χ0) is 19.3. The molecule has 0 fully saturated rings. The zero-order valence-electron chi connectivity index (χ0n) is 13.3. The van der Waals surface area contributed by atoms with Crippen molar-refractivity contribution in [3.05, 3.63) is 62.4 Å². The summed E-state index contributed by atoms with van der Waals surface area (Å²) in [5, 5.41) is 13.4. The molecule has 26 heavy (non-hydrogen) atoms. The van der Waals surface area contributed by atoms with Gasteiger partial charge in [-0.2, -0.15) is 0 Å². The molecule has 0 aliphatic heterocycles. The summed E-state index contributed by atoms with van der Waals surface area (Å²) in [4.78, 5) is 33.7. The van der Waals surface area contributed by atoms with Gasteiger partial charge in [0, 0.05) is 10.5 Å². The molecule has 0 unspecified atom stereocenters. The Balaban J connectivity index is 2.09. The Labute approximate surface area is 155 Å². The first-order valence-electron chi connectivity index (χ1n) is 7.06. The van der Waals surface area contributed by atoms with Gasteiger partial charge in [-0.3, -0.25) is 14.9 Å². The zero-order valence-corrected chi connectivity index (χ0v) is 14.9. The average Bonchev–Trinajstić information content (AvgIpc) is 2.61. The van der Waals surface area contributed by atoms with Crippen LogP contribution in [0.3, 0.4) is 0 Å². The van der Waals surface area contributed by atoms with Crippen LogP contribution in [0.4, 0.5) is 15.8 Å². The molecule has 0 aromatic heterocycles. The van der Waals surface area contributed by atoms with Gasteiger partial charge in [0.2, 0.25) is 0 Å². The van der Waals surface area contributed by atoms with Crippen LogP contribution in [0.5, 0.6) is 5.75 Å². The number of carbonyl (C=O) groups is 2. The van der Waals surface area contributed by atoms with Gasteiger partial charge in [0.25, 0.3) is 5.91 Å². The van der Waals surface area contributed by atoms with Crippen LogP contribution < -0.4 is 10.1 Å². The molecule has 0 saturated carbocycles. The summed E-state index contributed by atoms with van der Waals surface area (Å²) < 4.78 is 23.8. The van der Waals surface area contributed by atoms with E-state index in [1.165, 1.54) is 30.3 Å². The number of nitrogens with zero attached hydrogens (tertiary/aromatic N) is 1. The largest absolute Gasteiger partial charge is 0.477 e. The molecule has 10 heteroatoms. The smallest absolute Gasteiger partial charge is 0.338 e. The van der Waals surface area contributed by atoms with E-state index in [2.05, 4.69) is 26.0 Å². The molecule has 0 saturated heterocycles. The lowest BCUT2D eigenvalue weighted by atomic mass is 10.2. The van der Waals surface area contributed by atoms with Crippen LogP contribution in [-0.4, -0.2) is 30.5 Å². The maximum atomic E-state index is 13.7. The van der Waals surface area contributed by atoms with Gasteiger partial charge in [-0.15, -0.1) is 0 Å². The standard InChI is InChI=1S/C16H12BrFN2O6/c1-25-16(22)9-2-5-14(13(6-9)20(23)24)26-8-15(21)19-12-4-3-10(17)7-11(12)18/h2-7H,8H2,1H3,(H,19,21). The molecule has 136 valence electrons. The molecule has 0 heterocycles. The second kappa shape index (κ2) is 8.39. The molecule has 0 aliphatic carbocycles. The maximum Gasteiger partial charge on any atom is 0.338 e. The number of benzene rings is 2. The SMILES string of the molecule is COC(=O)c1ccc(OCC(=O)Nc2ccc(Br)cc2F)c([N+](=O)[O-])c1. The molecule has 1 amide bonds. The lowest BCUT2D eigenvalue weighted by Gasteiger charge is -2.09. The highest BCUT2D eigenvalue weighted by Gasteiger charge is 2.20. The number of carbonyl (C=O) groups excluding carboxylic acids is 2. The van der Waals surface area contributed by atoms with Crippen molar-refractivity contribution in [3.8, 4) is 5.75 Å². The quantitative estimate of drug-likeness (QED) is 0.431. The first-order valence-corrected chi connectivity index (χ1v) is 7.85. The number of amides is 1. The van der Waals surface area contributed by atoms with Crippen LogP contribution in [-0.2, 0) is 9.53 Å². The Kier molecular flexibility index (Phi) is 6.23. The molecule has 2 rings (SSSR count). The molecule has 2 aromatic carbocycles. The van der Waals surface area contributed by atoms with Crippen LogP contribution in [0.25, 0.3) is 0 Å². The van der Waals surface area contributed by atoms with Crippen molar-refractivity contribution >= 4 is 39.2 Å². The van der Waals surface area contributed by atoms with Crippen molar-refractivity contribution < 1.29 is 28.4 Å². The predicted molar refractivity (Wildman–Crippen MR) is 92.7 cm³/mol. The Morgan fingerprint density at radius 1 is 1.27 bits per heavy atom. The highest BCUT2D eigenvalue weighted by atomic mass is 79.9. The summed E-state index contributed by atoms with van der Waals surface area (Å²) in [5.41, 5.74) is -0.596. The Bertz CT molecular complexity index is 874. The number of hydrogen-bond donors (Lipinski definition) is 1. The van der Waals surface area contributed by atoms with Gasteiger partial charge in [-0.05, 0) is 30.3 Å². The fourth-order valence-corrected chi connectivity index (χ4v) is 2.28. The average molecular weight is 427 g/mol. The van der Waals surface area contributed by atoms with E-state index in [0.717, 1.165) is 13.2 Å². The number of anilines is 1.